The van der Waals surface area contributed by atoms with E-state index in [1.165, 1.54) is 0 Å². The molecule has 0 spiro atoms. The maximum Gasteiger partial charge on any atom is 0.410 e. The molecular weight excluding hydrogens is 454 g/mol. The number of carbonyl (C=O) groups is 1. The number of nitrogens with zero attached hydrogens (tertiary/aromatic N) is 3. The van der Waals surface area contributed by atoms with E-state index in [0.717, 1.165) is 30.6 Å². The number of benzene rings is 2. The van der Waals surface area contributed by atoms with Gasteiger partial charge in [0.1, 0.15) is 6.61 Å². The Morgan fingerprint density at radius 2 is 1.91 bits per heavy atom. The normalized spacial score (nSPS) is 17.6. The number of likely N-dealkylation sites (N-methyl/N-ethyl adjacent to an activating group) is 1. The largest absolute Gasteiger partial charge is 0.445 e. The first-order valence-corrected chi connectivity index (χ1v) is 15.2. The second-order valence-corrected chi connectivity index (χ2v) is 15.7. The molecule has 1 aliphatic heterocycles. The maximum atomic E-state index is 13.0. The van der Waals surface area contributed by atoms with E-state index in [4.69, 9.17) is 9.16 Å². The molecule has 1 aliphatic rings. The van der Waals surface area contributed by atoms with Gasteiger partial charge < -0.3 is 14.1 Å². The van der Waals surface area contributed by atoms with Crippen LogP contribution in [0.4, 0.5) is 4.79 Å². The second-order valence-electron chi connectivity index (χ2n) is 11.0. The lowest BCUT2D eigenvalue weighted by atomic mass is 10.0. The van der Waals surface area contributed by atoms with Gasteiger partial charge >= 0.3 is 6.09 Å². The van der Waals surface area contributed by atoms with Crippen molar-refractivity contribution in [2.45, 2.75) is 64.1 Å². The summed E-state index contributed by atoms with van der Waals surface area (Å²) in [5.74, 6) is 0. The molecule has 0 saturated carbocycles. The molecule has 0 bridgehead atoms. The average molecular weight is 494 g/mol. The van der Waals surface area contributed by atoms with E-state index in [9.17, 15) is 10.1 Å². The number of amides is 1. The Kier molecular flexibility index (Phi) is 8.76. The van der Waals surface area contributed by atoms with Crippen molar-refractivity contribution in [1.82, 2.24) is 9.80 Å². The number of likely N-dealkylation sites (tertiary alicyclic amines) is 1. The molecule has 1 saturated heterocycles. The molecule has 188 valence electrons. The van der Waals surface area contributed by atoms with Crippen LogP contribution in [0.15, 0.2) is 54.6 Å². The van der Waals surface area contributed by atoms with Gasteiger partial charge in [-0.1, -0.05) is 63.2 Å². The van der Waals surface area contributed by atoms with Gasteiger partial charge in [-0.15, -0.1) is 0 Å². The molecule has 0 N–H and O–H groups in total. The van der Waals surface area contributed by atoms with Crippen LogP contribution in [0.5, 0.6) is 0 Å². The number of nitriles is 1. The Morgan fingerprint density at radius 3 is 2.57 bits per heavy atom. The average Bonchev–Trinajstić information content (AvgIpc) is 3.26. The molecule has 0 aliphatic carbocycles. The van der Waals surface area contributed by atoms with E-state index in [2.05, 4.69) is 44.8 Å². The van der Waals surface area contributed by atoms with E-state index in [-0.39, 0.29) is 29.9 Å². The summed E-state index contributed by atoms with van der Waals surface area (Å²) in [6, 6.07) is 19.2. The number of carbonyl (C=O) groups excluding carboxylic acids is 1. The Bertz CT molecular complexity index is 1030. The van der Waals surface area contributed by atoms with Crippen molar-refractivity contribution in [3.63, 3.8) is 0 Å². The van der Waals surface area contributed by atoms with Crippen molar-refractivity contribution >= 4 is 14.4 Å². The van der Waals surface area contributed by atoms with Gasteiger partial charge in [-0.2, -0.15) is 5.26 Å². The Balaban J connectivity index is 1.72. The smallest absolute Gasteiger partial charge is 0.410 e. The summed E-state index contributed by atoms with van der Waals surface area (Å²) in [6.07, 6.45) is 0.811. The van der Waals surface area contributed by atoms with Crippen LogP contribution in [0.3, 0.4) is 0 Å². The van der Waals surface area contributed by atoms with Crippen LogP contribution < -0.4 is 0 Å². The van der Waals surface area contributed by atoms with E-state index in [1.807, 2.05) is 48.5 Å². The molecule has 2 aromatic rings. The van der Waals surface area contributed by atoms with Crippen molar-refractivity contribution in [3.05, 3.63) is 71.3 Å². The summed E-state index contributed by atoms with van der Waals surface area (Å²) < 4.78 is 12.3. The predicted octanol–water partition coefficient (Wildman–Crippen LogP) is 5.96. The zero-order valence-electron chi connectivity index (χ0n) is 22.0. The molecule has 7 heteroatoms. The molecular formula is C28H39N3O3Si. The van der Waals surface area contributed by atoms with Gasteiger partial charge in [-0.05, 0) is 47.8 Å². The number of hydrogen-bond donors (Lipinski definition) is 0. The molecule has 1 fully saturated rings. The fourth-order valence-electron chi connectivity index (χ4n) is 4.11. The lowest BCUT2D eigenvalue weighted by Gasteiger charge is -2.38. The van der Waals surface area contributed by atoms with Crippen molar-refractivity contribution in [1.29, 1.82) is 5.26 Å². The van der Waals surface area contributed by atoms with E-state index < -0.39 is 8.32 Å². The molecule has 0 radical (unpaired) electrons. The van der Waals surface area contributed by atoms with Gasteiger partial charge in [0.2, 0.25) is 0 Å². The third-order valence-electron chi connectivity index (χ3n) is 7.29. The topological polar surface area (TPSA) is 65.8 Å². The van der Waals surface area contributed by atoms with E-state index in [0.29, 0.717) is 12.1 Å². The van der Waals surface area contributed by atoms with Crippen LogP contribution in [0, 0.1) is 11.3 Å². The fraction of sp³-hybridized carbons (Fsp3) is 0.500. The zero-order chi connectivity index (χ0) is 25.6. The highest BCUT2D eigenvalue weighted by Crippen LogP contribution is 2.38. The van der Waals surface area contributed by atoms with Crippen LogP contribution >= 0.6 is 0 Å². The molecule has 1 amide bonds. The third-order valence-corrected chi connectivity index (χ3v) is 11.8. The molecule has 6 nitrogen and oxygen atoms in total. The van der Waals surface area contributed by atoms with Gasteiger partial charge in [-0.25, -0.2) is 4.79 Å². The van der Waals surface area contributed by atoms with E-state index >= 15 is 0 Å². The van der Waals surface area contributed by atoms with Crippen LogP contribution in [0.2, 0.25) is 18.1 Å². The Hall–Kier alpha value is -2.66. The minimum atomic E-state index is -1.85. The predicted molar refractivity (Wildman–Crippen MR) is 141 cm³/mol. The van der Waals surface area contributed by atoms with Crippen molar-refractivity contribution in [2.75, 3.05) is 26.7 Å². The molecule has 2 atom stereocenters. The highest BCUT2D eigenvalue weighted by molar-refractivity contribution is 6.74. The molecule has 0 aromatic heterocycles. The summed E-state index contributed by atoms with van der Waals surface area (Å²) in [6.45, 7) is 14.0. The monoisotopic (exact) mass is 493 g/mol. The Morgan fingerprint density at radius 1 is 1.20 bits per heavy atom. The summed E-state index contributed by atoms with van der Waals surface area (Å²) in [5.41, 5.74) is 2.46. The quantitative estimate of drug-likeness (QED) is 0.424. The first kappa shape index (κ1) is 26.9. The second kappa shape index (κ2) is 11.4. The van der Waals surface area contributed by atoms with Crippen LogP contribution in [-0.2, 0) is 15.8 Å². The first-order valence-electron chi connectivity index (χ1n) is 12.3. The van der Waals surface area contributed by atoms with Gasteiger partial charge in [0.15, 0.2) is 8.32 Å². The van der Waals surface area contributed by atoms with Crippen molar-refractivity contribution in [2.24, 2.45) is 0 Å². The molecule has 35 heavy (non-hydrogen) atoms. The van der Waals surface area contributed by atoms with Crippen LogP contribution in [0.25, 0.3) is 0 Å². The molecule has 2 aromatic carbocycles. The fourth-order valence-corrected chi connectivity index (χ4v) is 5.49. The maximum absolute atomic E-state index is 13.0. The molecule has 3 rings (SSSR count). The molecule has 1 heterocycles. The number of ether oxygens (including phenoxy) is 1. The van der Waals surface area contributed by atoms with E-state index in [1.54, 1.807) is 18.0 Å². The summed E-state index contributed by atoms with van der Waals surface area (Å²) in [5, 5.41) is 9.59. The SMILES string of the molecule is CN(C(=O)OCc1ccccc1)[C@H](CN1CC[C@H](O[Si](C)(C)C(C)(C)C)C1)c1cccc(C#N)c1. The number of rotatable bonds is 8. The third kappa shape index (κ3) is 7.17. The summed E-state index contributed by atoms with van der Waals surface area (Å²) in [4.78, 5) is 17.0. The standard InChI is InChI=1S/C28H39N3O3Si/c1-28(2,3)35(5,6)34-25-15-16-31(19-25)20-26(24-14-10-13-23(17-24)18-29)30(4)27(32)33-21-22-11-8-7-9-12-22/h7-14,17,25-26H,15-16,19-21H2,1-6H3/t25-,26+/m0/s1. The number of hydrogen-bond acceptors (Lipinski definition) is 5. The van der Waals surface area contributed by atoms with Crippen molar-refractivity contribution in [3.8, 4) is 6.07 Å². The minimum Gasteiger partial charge on any atom is -0.445 e. The van der Waals surface area contributed by atoms with Crippen LogP contribution in [-0.4, -0.2) is 57.0 Å². The highest BCUT2D eigenvalue weighted by Gasteiger charge is 2.41. The lowest BCUT2D eigenvalue weighted by Crippen LogP contribution is -2.45. The minimum absolute atomic E-state index is 0.170. The van der Waals surface area contributed by atoms with Crippen LogP contribution in [0.1, 0.15) is 49.9 Å². The van der Waals surface area contributed by atoms with Gasteiger partial charge in [0, 0.05) is 26.7 Å². The Labute approximate surface area is 211 Å². The van der Waals surface area contributed by atoms with Gasteiger partial charge in [0.05, 0.1) is 23.8 Å². The van der Waals surface area contributed by atoms with Crippen molar-refractivity contribution < 1.29 is 14.0 Å². The first-order chi connectivity index (χ1) is 16.5. The summed E-state index contributed by atoms with van der Waals surface area (Å²) in [7, 11) is -0.0712. The zero-order valence-corrected chi connectivity index (χ0v) is 23.0. The van der Waals surface area contributed by atoms with Gasteiger partial charge in [-0.3, -0.25) is 4.90 Å². The summed E-state index contributed by atoms with van der Waals surface area (Å²) >= 11 is 0. The molecule has 0 unspecified atom stereocenters. The lowest BCUT2D eigenvalue weighted by molar-refractivity contribution is 0.0819. The highest BCUT2D eigenvalue weighted by atomic mass is 28.4. The van der Waals surface area contributed by atoms with Gasteiger partial charge in [0.25, 0.3) is 0 Å².